The Morgan fingerprint density at radius 1 is 0.864 bits per heavy atom. The van der Waals surface area contributed by atoms with Crippen LogP contribution in [0.25, 0.3) is 22.1 Å². The molecule has 240 valence electrons. The van der Waals surface area contributed by atoms with Crippen LogP contribution in [0.4, 0.5) is 11.6 Å². The van der Waals surface area contributed by atoms with Crippen molar-refractivity contribution in [2.24, 2.45) is 0 Å². The van der Waals surface area contributed by atoms with Gasteiger partial charge in [-0.05, 0) is 26.0 Å². The van der Waals surface area contributed by atoms with Gasteiger partial charge in [0.1, 0.15) is 71.4 Å². The average molecular weight is 641 g/mol. The molecule has 0 bridgehead atoms. The topological polar surface area (TPSA) is 292 Å². The molecular weight excluding hydrogens is 607 g/mol. The van der Waals surface area contributed by atoms with Gasteiger partial charge in [-0.2, -0.15) is 9.56 Å². The normalized spacial score (nSPS) is 32.7. The molecule has 9 atom stereocenters. The van der Waals surface area contributed by atoms with Gasteiger partial charge in [-0.3, -0.25) is 0 Å². The number of nitrogen functional groups attached to an aromatic ring is 2. The number of rotatable bonds is 7. The number of nitrogens with zero attached hydrogens (tertiary/aromatic N) is 6. The monoisotopic (exact) mass is 640 g/mol. The van der Waals surface area contributed by atoms with Gasteiger partial charge < -0.3 is 65.6 Å². The molecule has 2 aliphatic heterocycles. The first kappa shape index (κ1) is 32.2. The van der Waals surface area contributed by atoms with Crippen LogP contribution in [0.3, 0.4) is 0 Å². The van der Waals surface area contributed by atoms with Crippen LogP contribution in [-0.4, -0.2) is 113 Å². The molecule has 19 nitrogen and oxygen atoms in total. The van der Waals surface area contributed by atoms with Gasteiger partial charge in [-0.25, -0.2) is 19.9 Å². The predicted molar refractivity (Wildman–Crippen MR) is 150 cm³/mol. The van der Waals surface area contributed by atoms with E-state index in [4.69, 9.17) is 30.9 Å². The summed E-state index contributed by atoms with van der Waals surface area (Å²) >= 11 is 0. The molecule has 6 rings (SSSR count). The second-order valence-corrected chi connectivity index (χ2v) is 11.6. The van der Waals surface area contributed by atoms with Gasteiger partial charge >= 0.3 is 0 Å². The van der Waals surface area contributed by atoms with Crippen LogP contribution in [-0.2, 0) is 19.0 Å². The second-order valence-electron chi connectivity index (χ2n) is 10.5. The van der Waals surface area contributed by atoms with Crippen molar-refractivity contribution in [2.45, 2.75) is 62.1 Å². The van der Waals surface area contributed by atoms with Crippen molar-refractivity contribution in [1.82, 2.24) is 29.1 Å². The molecule has 6 heterocycles. The average Bonchev–Trinajstić information content (AvgIpc) is 3.72. The van der Waals surface area contributed by atoms with Gasteiger partial charge in [-0.15, -0.1) is 0 Å². The number of aromatic nitrogens is 6. The summed E-state index contributed by atoms with van der Waals surface area (Å²) in [5, 5.41) is 60.4. The fourth-order valence-corrected chi connectivity index (χ4v) is 5.28. The summed E-state index contributed by atoms with van der Waals surface area (Å²) in [4.78, 5) is 30.0. The molecule has 44 heavy (non-hydrogen) atoms. The van der Waals surface area contributed by atoms with Crippen LogP contribution in [0.15, 0.2) is 37.2 Å². The minimum Gasteiger partial charge on any atom is -0.394 e. The lowest BCUT2D eigenvalue weighted by molar-refractivity contribution is -0.332. The Bertz CT molecular complexity index is 1600. The first-order valence-corrected chi connectivity index (χ1v) is 14.5. The third kappa shape index (κ3) is 5.58. The van der Waals surface area contributed by atoms with E-state index >= 15 is 0 Å². The third-order valence-electron chi connectivity index (χ3n) is 7.48. The predicted octanol–water partition coefficient (Wildman–Crippen LogP) is -1.80. The summed E-state index contributed by atoms with van der Waals surface area (Å²) in [5.74, 6) is 0.590. The molecule has 0 amide bonds. The summed E-state index contributed by atoms with van der Waals surface area (Å²) in [6.45, 7) is 2.42. The van der Waals surface area contributed by atoms with E-state index in [-0.39, 0.29) is 12.4 Å². The van der Waals surface area contributed by atoms with Crippen molar-refractivity contribution in [3.05, 3.63) is 37.2 Å². The van der Waals surface area contributed by atoms with Crippen molar-refractivity contribution < 1.29 is 54.6 Å². The van der Waals surface area contributed by atoms with Crippen LogP contribution in [0.5, 0.6) is 0 Å². The molecule has 0 aromatic carbocycles. The Kier molecular flexibility index (Phi) is 9.02. The quantitative estimate of drug-likeness (QED) is 0.0611. The standard InChI is InChI=1S/C12H17N4O7P.C12H16N4O4/c1-12(19)7(18)10(22-23-24(20)5-17)21-11(12)16-3-2-6-8(13)14-4-15-9(6)16;1-12(19)8(18)7(4-17)20-11(12)16-3-2-6-9(13)14-5-15-10(6)16/h2-4,7,10-11,17-20H,5H2,1H3,(H2,13,14,15);2-3,5,7-8,11,17-19H,4H2,1H3,(H2,13,14,15)/t7-,10+,11+,12?,24?;7-,8+,11-,12?/m01/s1. The maximum Gasteiger partial charge on any atom is 0.232 e. The Morgan fingerprint density at radius 3 is 1.84 bits per heavy atom. The Balaban J connectivity index is 0.000000177. The van der Waals surface area contributed by atoms with Crippen LogP contribution < -0.4 is 11.5 Å². The first-order valence-electron chi connectivity index (χ1n) is 13.1. The Morgan fingerprint density at radius 2 is 1.36 bits per heavy atom. The van der Waals surface area contributed by atoms with E-state index in [1.165, 1.54) is 31.1 Å². The molecule has 4 aromatic heterocycles. The number of ether oxygens (including phenoxy) is 2. The summed E-state index contributed by atoms with van der Waals surface area (Å²) in [6.07, 6.45) is -1.68. The van der Waals surface area contributed by atoms with Gasteiger partial charge in [-0.1, -0.05) is 0 Å². The van der Waals surface area contributed by atoms with E-state index in [1.54, 1.807) is 29.1 Å². The van der Waals surface area contributed by atoms with Gasteiger partial charge in [0.05, 0.1) is 17.4 Å². The third-order valence-corrected chi connectivity index (χ3v) is 7.98. The van der Waals surface area contributed by atoms with E-state index < -0.39 is 63.0 Å². The summed E-state index contributed by atoms with van der Waals surface area (Å²) in [5.41, 5.74) is 9.12. The molecule has 0 saturated carbocycles. The molecule has 3 unspecified atom stereocenters. The van der Waals surface area contributed by atoms with Crippen molar-refractivity contribution in [3.8, 4) is 0 Å². The molecule has 0 radical (unpaired) electrons. The van der Waals surface area contributed by atoms with Crippen LogP contribution in [0, 0.1) is 0 Å². The van der Waals surface area contributed by atoms with Crippen molar-refractivity contribution in [3.63, 3.8) is 0 Å². The highest BCUT2D eigenvalue weighted by atomic mass is 31.2. The number of aliphatic hydroxyl groups is 6. The number of nitrogens with two attached hydrogens (primary N) is 2. The summed E-state index contributed by atoms with van der Waals surface area (Å²) < 4.78 is 18.6. The van der Waals surface area contributed by atoms with Crippen molar-refractivity contribution in [2.75, 3.05) is 24.4 Å². The van der Waals surface area contributed by atoms with E-state index in [0.29, 0.717) is 27.9 Å². The van der Waals surface area contributed by atoms with E-state index in [0.717, 1.165) is 0 Å². The highest BCUT2D eigenvalue weighted by Crippen LogP contribution is 2.42. The Labute approximate surface area is 249 Å². The summed E-state index contributed by atoms with van der Waals surface area (Å²) in [7, 11) is -2.22. The molecule has 20 heteroatoms. The van der Waals surface area contributed by atoms with Crippen molar-refractivity contribution >= 4 is 42.1 Å². The molecule has 0 spiro atoms. The fourth-order valence-electron chi connectivity index (χ4n) is 5.05. The smallest absolute Gasteiger partial charge is 0.232 e. The molecule has 0 aliphatic carbocycles. The molecular formula is C24H33N8O11P. The van der Waals surface area contributed by atoms with Crippen molar-refractivity contribution in [1.29, 1.82) is 0 Å². The highest BCUT2D eigenvalue weighted by molar-refractivity contribution is 7.45. The number of hydrogen-bond donors (Lipinski definition) is 9. The summed E-state index contributed by atoms with van der Waals surface area (Å²) in [6, 6.07) is 3.36. The minimum absolute atomic E-state index is 0.266. The molecule has 2 saturated heterocycles. The molecule has 2 fully saturated rings. The van der Waals surface area contributed by atoms with Gasteiger partial charge in [0.2, 0.25) is 14.7 Å². The highest BCUT2D eigenvalue weighted by Gasteiger charge is 2.55. The van der Waals surface area contributed by atoms with Crippen LogP contribution in [0.2, 0.25) is 0 Å². The number of fused-ring (bicyclic) bond motifs is 2. The Hall–Kier alpha value is -3.17. The zero-order valence-electron chi connectivity index (χ0n) is 23.4. The zero-order valence-corrected chi connectivity index (χ0v) is 24.3. The molecule has 11 N–H and O–H groups in total. The molecule has 4 aromatic rings. The van der Waals surface area contributed by atoms with E-state index in [1.807, 2.05) is 0 Å². The number of anilines is 2. The lowest BCUT2D eigenvalue weighted by Crippen LogP contribution is -2.44. The van der Waals surface area contributed by atoms with Crippen LogP contribution >= 0.6 is 8.38 Å². The maximum atomic E-state index is 10.6. The van der Waals surface area contributed by atoms with Crippen LogP contribution in [0.1, 0.15) is 26.3 Å². The SMILES string of the molecule is CC1(O)[C@@H](O)[C@@H](CO)O[C@H]1n1ccc2c(N)ncnc21.CC1(O)[C@@H](O)[C@@H](OOP(O)CO)O[C@H]1n1ccc2c(N)ncnc21. The number of aliphatic hydroxyl groups excluding tert-OH is 4. The van der Waals surface area contributed by atoms with Gasteiger partial charge in [0, 0.05) is 12.4 Å². The van der Waals surface area contributed by atoms with Gasteiger partial charge in [0.25, 0.3) is 0 Å². The first-order chi connectivity index (χ1) is 20.8. The maximum absolute atomic E-state index is 10.6. The van der Waals surface area contributed by atoms with E-state index in [9.17, 15) is 30.4 Å². The number of hydrogen-bond acceptors (Lipinski definition) is 17. The zero-order chi connectivity index (χ0) is 32.0. The minimum atomic E-state index is -2.22. The fraction of sp³-hybridized carbons (Fsp3) is 0.500. The molecule has 2 aliphatic rings. The van der Waals surface area contributed by atoms with Gasteiger partial charge in [0.15, 0.2) is 12.5 Å². The largest absolute Gasteiger partial charge is 0.394 e. The lowest BCUT2D eigenvalue weighted by atomic mass is 9.96. The van der Waals surface area contributed by atoms with E-state index in [2.05, 4.69) is 24.6 Å². The lowest BCUT2D eigenvalue weighted by Gasteiger charge is -2.27. The second kappa shape index (κ2) is 12.3.